The van der Waals surface area contributed by atoms with Crippen molar-refractivity contribution in [2.45, 2.75) is 6.54 Å². The Bertz CT molecular complexity index is 643. The van der Waals surface area contributed by atoms with Crippen molar-refractivity contribution in [3.63, 3.8) is 0 Å². The largest absolute Gasteiger partial charge is 0.497 e. The average Bonchev–Trinajstić information content (AvgIpc) is 2.47. The molecule has 0 unspecified atom stereocenters. The minimum Gasteiger partial charge on any atom is -0.497 e. The Morgan fingerprint density at radius 1 is 1.24 bits per heavy atom. The standard InChI is InChI=1S/C16H17FN2OS/c1-19(10-11-3-6-13(20-2)7-4-11)12-5-8-14(16(18)21)15(17)9-12/h3-9H,10H2,1-2H3,(H2,18,21). The van der Waals surface area contributed by atoms with Gasteiger partial charge in [0.15, 0.2) is 0 Å². The second kappa shape index (κ2) is 6.54. The van der Waals surface area contributed by atoms with Gasteiger partial charge in [-0.1, -0.05) is 24.4 Å². The molecule has 0 atom stereocenters. The van der Waals surface area contributed by atoms with Crippen LogP contribution in [0.3, 0.4) is 0 Å². The summed E-state index contributed by atoms with van der Waals surface area (Å²) in [6, 6.07) is 12.6. The van der Waals surface area contributed by atoms with Crippen LogP contribution < -0.4 is 15.4 Å². The number of thiocarbonyl (C=S) groups is 1. The zero-order valence-electron chi connectivity index (χ0n) is 12.0. The summed E-state index contributed by atoms with van der Waals surface area (Å²) in [7, 11) is 3.53. The molecule has 0 aliphatic heterocycles. The Kier molecular flexibility index (Phi) is 4.75. The summed E-state index contributed by atoms with van der Waals surface area (Å²) in [5.74, 6) is 0.412. The number of nitrogens with two attached hydrogens (primary N) is 1. The lowest BCUT2D eigenvalue weighted by atomic mass is 10.1. The molecule has 0 fully saturated rings. The van der Waals surface area contributed by atoms with Crippen LogP contribution in [-0.4, -0.2) is 19.1 Å². The first kappa shape index (κ1) is 15.3. The van der Waals surface area contributed by atoms with Crippen molar-refractivity contribution in [1.29, 1.82) is 0 Å². The molecule has 0 heterocycles. The maximum Gasteiger partial charge on any atom is 0.135 e. The minimum absolute atomic E-state index is 0.0665. The summed E-state index contributed by atoms with van der Waals surface area (Å²) in [5.41, 5.74) is 7.60. The van der Waals surface area contributed by atoms with Crippen LogP contribution in [0.2, 0.25) is 0 Å². The first-order valence-electron chi connectivity index (χ1n) is 6.44. The van der Waals surface area contributed by atoms with Crippen LogP contribution in [0.15, 0.2) is 42.5 Å². The predicted molar refractivity (Wildman–Crippen MR) is 87.4 cm³/mol. The fourth-order valence-corrected chi connectivity index (χ4v) is 2.20. The van der Waals surface area contributed by atoms with Gasteiger partial charge in [-0.15, -0.1) is 0 Å². The minimum atomic E-state index is -0.401. The maximum absolute atomic E-state index is 13.9. The zero-order valence-corrected chi connectivity index (χ0v) is 12.8. The molecular weight excluding hydrogens is 287 g/mol. The molecule has 0 saturated heterocycles. The SMILES string of the molecule is COc1ccc(CN(C)c2ccc(C(N)=S)c(F)c2)cc1. The highest BCUT2D eigenvalue weighted by Crippen LogP contribution is 2.20. The third-order valence-corrected chi connectivity index (χ3v) is 3.46. The van der Waals surface area contributed by atoms with E-state index in [2.05, 4.69) is 0 Å². The van der Waals surface area contributed by atoms with Gasteiger partial charge in [-0.3, -0.25) is 0 Å². The van der Waals surface area contributed by atoms with Gasteiger partial charge in [-0.25, -0.2) is 4.39 Å². The maximum atomic E-state index is 13.9. The highest BCUT2D eigenvalue weighted by Gasteiger charge is 2.09. The van der Waals surface area contributed by atoms with Crippen molar-refractivity contribution in [1.82, 2.24) is 0 Å². The molecule has 21 heavy (non-hydrogen) atoms. The Balaban J connectivity index is 2.14. The number of benzene rings is 2. The number of anilines is 1. The molecule has 0 aromatic heterocycles. The van der Waals surface area contributed by atoms with Crippen molar-refractivity contribution < 1.29 is 9.13 Å². The number of ether oxygens (including phenoxy) is 1. The molecule has 5 heteroatoms. The fourth-order valence-electron chi connectivity index (χ4n) is 2.04. The summed E-state index contributed by atoms with van der Waals surface area (Å²) in [5, 5.41) is 0. The van der Waals surface area contributed by atoms with Crippen molar-refractivity contribution in [2.24, 2.45) is 5.73 Å². The van der Waals surface area contributed by atoms with E-state index in [1.54, 1.807) is 19.2 Å². The molecule has 2 N–H and O–H groups in total. The average molecular weight is 304 g/mol. The summed E-state index contributed by atoms with van der Waals surface area (Å²) < 4.78 is 19.0. The van der Waals surface area contributed by atoms with Crippen LogP contribution in [0.1, 0.15) is 11.1 Å². The number of methoxy groups -OCH3 is 1. The molecule has 0 amide bonds. The number of halogens is 1. The zero-order chi connectivity index (χ0) is 15.4. The molecule has 0 aliphatic rings. The fraction of sp³-hybridized carbons (Fsp3) is 0.188. The van der Waals surface area contributed by atoms with E-state index in [0.29, 0.717) is 6.54 Å². The van der Waals surface area contributed by atoms with E-state index in [1.165, 1.54) is 6.07 Å². The highest BCUT2D eigenvalue weighted by atomic mass is 32.1. The van der Waals surface area contributed by atoms with E-state index in [9.17, 15) is 4.39 Å². The van der Waals surface area contributed by atoms with Gasteiger partial charge < -0.3 is 15.4 Å². The lowest BCUT2D eigenvalue weighted by Crippen LogP contribution is -2.18. The Morgan fingerprint density at radius 2 is 1.90 bits per heavy atom. The van der Waals surface area contributed by atoms with Gasteiger partial charge in [0.05, 0.1) is 7.11 Å². The smallest absolute Gasteiger partial charge is 0.135 e. The summed E-state index contributed by atoms with van der Waals surface area (Å²) >= 11 is 4.80. The molecule has 110 valence electrons. The number of hydrogen-bond acceptors (Lipinski definition) is 3. The molecule has 0 spiro atoms. The normalized spacial score (nSPS) is 10.2. The lowest BCUT2D eigenvalue weighted by Gasteiger charge is -2.20. The van der Waals surface area contributed by atoms with Gasteiger partial charge in [-0.05, 0) is 35.9 Å². The van der Waals surface area contributed by atoms with Gasteiger partial charge in [0.25, 0.3) is 0 Å². The van der Waals surface area contributed by atoms with E-state index >= 15 is 0 Å². The van der Waals surface area contributed by atoms with Gasteiger partial charge >= 0.3 is 0 Å². The van der Waals surface area contributed by atoms with Crippen molar-refractivity contribution in [3.05, 3.63) is 59.4 Å². The molecule has 2 aromatic carbocycles. The quantitative estimate of drug-likeness (QED) is 0.862. The van der Waals surface area contributed by atoms with E-state index in [1.807, 2.05) is 36.2 Å². The second-order valence-electron chi connectivity index (χ2n) is 4.73. The first-order chi connectivity index (χ1) is 10.0. The Hall–Kier alpha value is -2.14. The number of nitrogens with zero attached hydrogens (tertiary/aromatic N) is 1. The molecule has 0 bridgehead atoms. The van der Waals surface area contributed by atoms with E-state index in [0.717, 1.165) is 17.0 Å². The molecule has 3 nitrogen and oxygen atoms in total. The number of hydrogen-bond donors (Lipinski definition) is 1. The Labute approximate surface area is 129 Å². The van der Waals surface area contributed by atoms with Crippen LogP contribution in [0, 0.1) is 5.82 Å². The monoisotopic (exact) mass is 304 g/mol. The summed E-state index contributed by atoms with van der Waals surface area (Å²) in [4.78, 5) is 2.02. The van der Waals surface area contributed by atoms with Crippen molar-refractivity contribution in [3.8, 4) is 5.75 Å². The lowest BCUT2D eigenvalue weighted by molar-refractivity contribution is 0.414. The molecule has 2 rings (SSSR count). The van der Waals surface area contributed by atoms with E-state index in [-0.39, 0.29) is 10.6 Å². The Morgan fingerprint density at radius 3 is 2.43 bits per heavy atom. The van der Waals surface area contributed by atoms with Crippen molar-refractivity contribution in [2.75, 3.05) is 19.1 Å². The molecule has 2 aromatic rings. The van der Waals surface area contributed by atoms with Gasteiger partial charge in [0.1, 0.15) is 16.6 Å². The topological polar surface area (TPSA) is 38.5 Å². The van der Waals surface area contributed by atoms with Crippen LogP contribution in [0.4, 0.5) is 10.1 Å². The van der Waals surface area contributed by atoms with Gasteiger partial charge in [0.2, 0.25) is 0 Å². The molecule has 0 radical (unpaired) electrons. The first-order valence-corrected chi connectivity index (χ1v) is 6.85. The van der Waals surface area contributed by atoms with Crippen LogP contribution in [0.5, 0.6) is 5.75 Å². The summed E-state index contributed by atoms with van der Waals surface area (Å²) in [6.07, 6.45) is 0. The van der Waals surface area contributed by atoms with Crippen LogP contribution >= 0.6 is 12.2 Å². The highest BCUT2D eigenvalue weighted by molar-refractivity contribution is 7.80. The van der Waals surface area contributed by atoms with Gasteiger partial charge in [-0.2, -0.15) is 0 Å². The summed E-state index contributed by atoms with van der Waals surface area (Å²) in [6.45, 7) is 0.663. The van der Waals surface area contributed by atoms with Gasteiger partial charge in [0, 0.05) is 24.8 Å². The molecule has 0 saturated carbocycles. The predicted octanol–water partition coefficient (Wildman–Crippen LogP) is 3.10. The number of rotatable bonds is 5. The van der Waals surface area contributed by atoms with Crippen molar-refractivity contribution >= 4 is 22.9 Å². The third-order valence-electron chi connectivity index (χ3n) is 3.24. The molecular formula is C16H17FN2OS. The second-order valence-corrected chi connectivity index (χ2v) is 5.17. The third kappa shape index (κ3) is 3.70. The van der Waals surface area contributed by atoms with E-state index < -0.39 is 5.82 Å². The van der Waals surface area contributed by atoms with Crippen LogP contribution in [0.25, 0.3) is 0 Å². The van der Waals surface area contributed by atoms with E-state index in [4.69, 9.17) is 22.7 Å². The van der Waals surface area contributed by atoms with Crippen LogP contribution in [-0.2, 0) is 6.54 Å². The molecule has 0 aliphatic carbocycles.